The summed E-state index contributed by atoms with van der Waals surface area (Å²) in [6, 6.07) is 4.63. The number of hydrogen-bond donors (Lipinski definition) is 1. The largest absolute Gasteiger partial charge is 0.496 e. The molecular formula is C17H26FNO3. The SMILES string of the molecule is COc1ccc(F)cc1C(CN)C1CCC(OC)(OC)CC1. The number of benzene rings is 1. The molecule has 0 aromatic heterocycles. The fourth-order valence-electron chi connectivity index (χ4n) is 3.54. The molecule has 1 aliphatic rings. The van der Waals surface area contributed by atoms with E-state index in [1.54, 1.807) is 33.5 Å². The van der Waals surface area contributed by atoms with E-state index in [-0.39, 0.29) is 11.7 Å². The first-order chi connectivity index (χ1) is 10.6. The van der Waals surface area contributed by atoms with Crippen LogP contribution in [0.2, 0.25) is 0 Å². The van der Waals surface area contributed by atoms with E-state index in [2.05, 4.69) is 0 Å². The molecule has 124 valence electrons. The summed E-state index contributed by atoms with van der Waals surface area (Å²) in [6.07, 6.45) is 3.50. The van der Waals surface area contributed by atoms with E-state index in [1.807, 2.05) is 0 Å². The monoisotopic (exact) mass is 311 g/mol. The third-order valence-corrected chi connectivity index (χ3v) is 4.95. The maximum atomic E-state index is 13.6. The zero-order valence-corrected chi connectivity index (χ0v) is 13.6. The van der Waals surface area contributed by atoms with Crippen LogP contribution < -0.4 is 10.5 Å². The smallest absolute Gasteiger partial charge is 0.167 e. The second-order valence-corrected chi connectivity index (χ2v) is 5.88. The quantitative estimate of drug-likeness (QED) is 0.820. The lowest BCUT2D eigenvalue weighted by atomic mass is 9.74. The summed E-state index contributed by atoms with van der Waals surface area (Å²) in [6.45, 7) is 0.470. The summed E-state index contributed by atoms with van der Waals surface area (Å²) in [5.41, 5.74) is 6.86. The highest BCUT2D eigenvalue weighted by atomic mass is 19.1. The van der Waals surface area contributed by atoms with Crippen LogP contribution in [0.5, 0.6) is 5.75 Å². The third kappa shape index (κ3) is 3.42. The van der Waals surface area contributed by atoms with Crippen LogP contribution in [0.1, 0.15) is 37.2 Å². The van der Waals surface area contributed by atoms with E-state index in [0.717, 1.165) is 31.2 Å². The van der Waals surface area contributed by atoms with Crippen molar-refractivity contribution in [2.45, 2.75) is 37.4 Å². The zero-order chi connectivity index (χ0) is 16.2. The molecule has 1 aromatic rings. The van der Waals surface area contributed by atoms with Crippen molar-refractivity contribution in [1.29, 1.82) is 0 Å². The second kappa shape index (κ2) is 7.40. The fraction of sp³-hybridized carbons (Fsp3) is 0.647. The maximum absolute atomic E-state index is 13.6. The molecule has 0 heterocycles. The summed E-state index contributed by atoms with van der Waals surface area (Å²) in [5, 5.41) is 0. The van der Waals surface area contributed by atoms with Gasteiger partial charge in [-0.15, -0.1) is 0 Å². The van der Waals surface area contributed by atoms with Gasteiger partial charge in [0.15, 0.2) is 5.79 Å². The van der Waals surface area contributed by atoms with Crippen molar-refractivity contribution < 1.29 is 18.6 Å². The highest BCUT2D eigenvalue weighted by Gasteiger charge is 2.38. The Labute approximate surface area is 131 Å². The molecule has 1 saturated carbocycles. The average molecular weight is 311 g/mol. The summed E-state index contributed by atoms with van der Waals surface area (Å²) in [7, 11) is 4.96. The Morgan fingerprint density at radius 3 is 2.36 bits per heavy atom. The molecule has 2 N–H and O–H groups in total. The molecule has 0 bridgehead atoms. The molecule has 5 heteroatoms. The van der Waals surface area contributed by atoms with Crippen LogP contribution in [0.3, 0.4) is 0 Å². The van der Waals surface area contributed by atoms with Crippen LogP contribution in [0.25, 0.3) is 0 Å². The molecule has 2 rings (SSSR count). The first kappa shape index (κ1) is 17.2. The Morgan fingerprint density at radius 2 is 1.86 bits per heavy atom. The Kier molecular flexibility index (Phi) is 5.78. The van der Waals surface area contributed by atoms with Gasteiger partial charge < -0.3 is 19.9 Å². The lowest BCUT2D eigenvalue weighted by Crippen LogP contribution is -2.40. The first-order valence-corrected chi connectivity index (χ1v) is 7.73. The molecule has 1 aliphatic carbocycles. The lowest BCUT2D eigenvalue weighted by molar-refractivity contribution is -0.228. The second-order valence-electron chi connectivity index (χ2n) is 5.88. The molecular weight excluding hydrogens is 285 g/mol. The molecule has 0 spiro atoms. The van der Waals surface area contributed by atoms with Crippen LogP contribution in [0.4, 0.5) is 4.39 Å². The lowest BCUT2D eigenvalue weighted by Gasteiger charge is -2.40. The van der Waals surface area contributed by atoms with Gasteiger partial charge in [0.25, 0.3) is 0 Å². The van der Waals surface area contributed by atoms with Gasteiger partial charge in [-0.05, 0) is 43.5 Å². The van der Waals surface area contributed by atoms with Crippen molar-refractivity contribution in [3.63, 3.8) is 0 Å². The van der Waals surface area contributed by atoms with E-state index in [1.165, 1.54) is 6.07 Å². The van der Waals surface area contributed by atoms with Crippen molar-refractivity contribution in [2.75, 3.05) is 27.9 Å². The summed E-state index contributed by atoms with van der Waals surface area (Å²) in [4.78, 5) is 0. The minimum atomic E-state index is -0.484. The average Bonchev–Trinajstić information content (AvgIpc) is 2.56. The van der Waals surface area contributed by atoms with E-state index in [9.17, 15) is 4.39 Å². The first-order valence-electron chi connectivity index (χ1n) is 7.73. The number of methoxy groups -OCH3 is 3. The molecule has 1 aromatic carbocycles. The van der Waals surface area contributed by atoms with Gasteiger partial charge >= 0.3 is 0 Å². The van der Waals surface area contributed by atoms with E-state index in [4.69, 9.17) is 19.9 Å². The topological polar surface area (TPSA) is 53.7 Å². The Hall–Kier alpha value is -1.17. The zero-order valence-electron chi connectivity index (χ0n) is 13.6. The van der Waals surface area contributed by atoms with Crippen molar-refractivity contribution in [1.82, 2.24) is 0 Å². The minimum absolute atomic E-state index is 0.0809. The van der Waals surface area contributed by atoms with Crippen LogP contribution in [0.15, 0.2) is 18.2 Å². The number of hydrogen-bond acceptors (Lipinski definition) is 4. The van der Waals surface area contributed by atoms with Gasteiger partial charge in [-0.3, -0.25) is 0 Å². The molecule has 0 amide bonds. The molecule has 1 unspecified atom stereocenters. The summed E-state index contributed by atoms with van der Waals surface area (Å²) in [5.74, 6) is 0.415. The molecule has 0 saturated heterocycles. The van der Waals surface area contributed by atoms with Gasteiger partial charge in [-0.2, -0.15) is 0 Å². The van der Waals surface area contributed by atoms with Crippen molar-refractivity contribution in [3.8, 4) is 5.75 Å². The molecule has 1 fully saturated rings. The molecule has 4 nitrogen and oxygen atoms in total. The fourth-order valence-corrected chi connectivity index (χ4v) is 3.54. The van der Waals surface area contributed by atoms with E-state index in [0.29, 0.717) is 18.2 Å². The molecule has 0 aliphatic heterocycles. The predicted octanol–water partition coefficient (Wildman–Crippen LogP) is 3.06. The Balaban J connectivity index is 2.18. The number of nitrogens with two attached hydrogens (primary N) is 1. The summed E-state index contributed by atoms with van der Waals surface area (Å²) >= 11 is 0. The highest BCUT2D eigenvalue weighted by Crippen LogP contribution is 2.43. The maximum Gasteiger partial charge on any atom is 0.167 e. The predicted molar refractivity (Wildman–Crippen MR) is 83.5 cm³/mol. The van der Waals surface area contributed by atoms with Crippen molar-refractivity contribution in [3.05, 3.63) is 29.6 Å². The third-order valence-electron chi connectivity index (χ3n) is 4.95. The number of rotatable bonds is 6. The van der Waals surface area contributed by atoms with Gasteiger partial charge in [0, 0.05) is 38.5 Å². The number of ether oxygens (including phenoxy) is 3. The highest BCUT2D eigenvalue weighted by molar-refractivity contribution is 5.37. The van der Waals surface area contributed by atoms with Crippen molar-refractivity contribution >= 4 is 0 Å². The Bertz CT molecular complexity index is 481. The number of halogens is 1. The van der Waals surface area contributed by atoms with Gasteiger partial charge in [-0.25, -0.2) is 4.39 Å². The van der Waals surface area contributed by atoms with Gasteiger partial charge in [-0.1, -0.05) is 0 Å². The standard InChI is InChI=1S/C17H26FNO3/c1-20-16-5-4-13(18)10-14(16)15(11-19)12-6-8-17(21-2,22-3)9-7-12/h4-5,10,12,15H,6-9,11,19H2,1-3H3. The minimum Gasteiger partial charge on any atom is -0.496 e. The van der Waals surface area contributed by atoms with Crippen LogP contribution in [0, 0.1) is 11.7 Å². The normalized spacial score (nSPS) is 19.9. The van der Waals surface area contributed by atoms with E-state index >= 15 is 0 Å². The van der Waals surface area contributed by atoms with Gasteiger partial charge in [0.2, 0.25) is 0 Å². The van der Waals surface area contributed by atoms with Crippen LogP contribution in [-0.2, 0) is 9.47 Å². The van der Waals surface area contributed by atoms with Crippen molar-refractivity contribution in [2.24, 2.45) is 11.7 Å². The molecule has 22 heavy (non-hydrogen) atoms. The van der Waals surface area contributed by atoms with Gasteiger partial charge in [0.05, 0.1) is 7.11 Å². The molecule has 1 atom stereocenters. The summed E-state index contributed by atoms with van der Waals surface area (Å²) < 4.78 is 30.1. The Morgan fingerprint density at radius 1 is 1.23 bits per heavy atom. The van der Waals surface area contributed by atoms with Crippen LogP contribution in [-0.4, -0.2) is 33.7 Å². The van der Waals surface area contributed by atoms with Crippen LogP contribution >= 0.6 is 0 Å². The molecule has 0 radical (unpaired) electrons. The van der Waals surface area contributed by atoms with Gasteiger partial charge in [0.1, 0.15) is 11.6 Å². The van der Waals surface area contributed by atoms with E-state index < -0.39 is 5.79 Å².